The van der Waals surface area contributed by atoms with Crippen LogP contribution < -0.4 is 5.32 Å². The van der Waals surface area contributed by atoms with Gasteiger partial charge in [-0.2, -0.15) is 0 Å². The third-order valence-corrected chi connectivity index (χ3v) is 5.44. The number of guanidine groups is 1. The summed E-state index contributed by atoms with van der Waals surface area (Å²) < 4.78 is 5.49. The molecule has 1 heterocycles. The maximum Gasteiger partial charge on any atom is 0.193 e. The van der Waals surface area contributed by atoms with Gasteiger partial charge in [-0.05, 0) is 31.1 Å². The minimum atomic E-state index is 0. The highest BCUT2D eigenvalue weighted by molar-refractivity contribution is 14.0. The average Bonchev–Trinajstić information content (AvgIpc) is 3.15. The van der Waals surface area contributed by atoms with Crippen molar-refractivity contribution < 1.29 is 4.74 Å². The van der Waals surface area contributed by atoms with Gasteiger partial charge in [-0.3, -0.25) is 9.89 Å². The molecule has 0 aromatic heterocycles. The van der Waals surface area contributed by atoms with Gasteiger partial charge in [-0.1, -0.05) is 43.6 Å². The Morgan fingerprint density at radius 2 is 2.04 bits per heavy atom. The fourth-order valence-electron chi connectivity index (χ4n) is 3.62. The van der Waals surface area contributed by atoms with E-state index in [0.29, 0.717) is 5.92 Å². The van der Waals surface area contributed by atoms with Gasteiger partial charge < -0.3 is 15.0 Å². The molecule has 1 aromatic rings. The van der Waals surface area contributed by atoms with E-state index >= 15 is 0 Å². The minimum Gasteiger partial charge on any atom is -0.381 e. The molecule has 0 amide bonds. The summed E-state index contributed by atoms with van der Waals surface area (Å²) in [6.07, 6.45) is 1.13. The second-order valence-electron chi connectivity index (χ2n) is 6.80. The molecule has 1 aliphatic rings. The maximum atomic E-state index is 6.49. The van der Waals surface area contributed by atoms with Crippen molar-refractivity contribution >= 4 is 41.5 Å². The highest BCUT2D eigenvalue weighted by Gasteiger charge is 2.23. The van der Waals surface area contributed by atoms with Gasteiger partial charge in [-0.25, -0.2) is 0 Å². The summed E-state index contributed by atoms with van der Waals surface area (Å²) in [6, 6.07) is 8.33. The molecule has 0 bridgehead atoms. The van der Waals surface area contributed by atoms with Gasteiger partial charge in [0.1, 0.15) is 0 Å². The zero-order valence-corrected chi connectivity index (χ0v) is 20.0. The lowest BCUT2D eigenvalue weighted by atomic mass is 10.0. The largest absolute Gasteiger partial charge is 0.381 e. The zero-order chi connectivity index (χ0) is 18.9. The molecule has 0 spiro atoms. The Balaban J connectivity index is 0.00000364. The second kappa shape index (κ2) is 12.8. The molecule has 2 rings (SSSR count). The number of aliphatic imine (C=N–C) groups is 1. The number of rotatable bonds is 8. The fourth-order valence-corrected chi connectivity index (χ4v) is 3.88. The van der Waals surface area contributed by atoms with Crippen LogP contribution in [0, 0.1) is 5.92 Å². The topological polar surface area (TPSA) is 40.1 Å². The first-order valence-electron chi connectivity index (χ1n) is 9.58. The van der Waals surface area contributed by atoms with Crippen molar-refractivity contribution in [2.45, 2.75) is 26.3 Å². The highest BCUT2D eigenvalue weighted by Crippen LogP contribution is 2.27. The molecular weight excluding hydrogens is 475 g/mol. The molecule has 1 saturated heterocycles. The number of hydrogen-bond acceptors (Lipinski definition) is 3. The Labute approximate surface area is 186 Å². The Morgan fingerprint density at radius 3 is 2.59 bits per heavy atom. The third-order valence-electron chi connectivity index (χ3n) is 5.10. The molecule has 154 valence electrons. The van der Waals surface area contributed by atoms with Crippen LogP contribution in [-0.4, -0.2) is 69.2 Å². The van der Waals surface area contributed by atoms with Crippen LogP contribution in [0.25, 0.3) is 0 Å². The van der Waals surface area contributed by atoms with Crippen molar-refractivity contribution in [3.8, 4) is 0 Å². The van der Waals surface area contributed by atoms with Crippen LogP contribution in [0.3, 0.4) is 0 Å². The minimum absolute atomic E-state index is 0. The SMILES string of the molecule is CCN(CC)C(CNC(=NC)N(C)CC1CCOC1)c1ccccc1Cl.I. The fraction of sp³-hybridized carbons (Fsp3) is 0.650. The molecule has 0 radical (unpaired) electrons. The highest BCUT2D eigenvalue weighted by atomic mass is 127. The quantitative estimate of drug-likeness (QED) is 0.329. The van der Waals surface area contributed by atoms with Crippen LogP contribution in [0.4, 0.5) is 0 Å². The lowest BCUT2D eigenvalue weighted by molar-refractivity contribution is 0.181. The van der Waals surface area contributed by atoms with E-state index in [4.69, 9.17) is 16.3 Å². The lowest BCUT2D eigenvalue weighted by Crippen LogP contribution is -2.45. The van der Waals surface area contributed by atoms with E-state index in [2.05, 4.69) is 53.1 Å². The van der Waals surface area contributed by atoms with E-state index in [1.807, 2.05) is 19.2 Å². The van der Waals surface area contributed by atoms with Crippen LogP contribution in [0.15, 0.2) is 29.3 Å². The Kier molecular flexibility index (Phi) is 11.6. The molecule has 0 saturated carbocycles. The normalized spacial score (nSPS) is 18.3. The smallest absolute Gasteiger partial charge is 0.193 e. The van der Waals surface area contributed by atoms with Gasteiger partial charge in [0.05, 0.1) is 12.6 Å². The standard InChI is InChI=1S/C20H33ClN4O.HI/c1-5-25(6-2)19(17-9-7-8-10-18(17)21)13-23-20(22-3)24(4)14-16-11-12-26-15-16;/h7-10,16,19H,5-6,11-15H2,1-4H3,(H,22,23);1H. The first-order valence-corrected chi connectivity index (χ1v) is 9.96. The summed E-state index contributed by atoms with van der Waals surface area (Å²) in [5.74, 6) is 1.50. The summed E-state index contributed by atoms with van der Waals surface area (Å²) in [4.78, 5) is 9.09. The van der Waals surface area contributed by atoms with Crippen LogP contribution in [0.2, 0.25) is 5.02 Å². The van der Waals surface area contributed by atoms with Crippen molar-refractivity contribution in [2.75, 3.05) is 53.5 Å². The van der Waals surface area contributed by atoms with E-state index in [9.17, 15) is 0 Å². The van der Waals surface area contributed by atoms with Crippen LogP contribution in [0.5, 0.6) is 0 Å². The molecule has 2 atom stereocenters. The van der Waals surface area contributed by atoms with Crippen molar-refractivity contribution in [2.24, 2.45) is 10.9 Å². The number of nitrogens with zero attached hydrogens (tertiary/aromatic N) is 3. The summed E-state index contributed by atoms with van der Waals surface area (Å²) >= 11 is 6.49. The Bertz CT molecular complexity index is 577. The molecule has 5 nitrogen and oxygen atoms in total. The summed E-state index contributed by atoms with van der Waals surface area (Å²) in [5.41, 5.74) is 1.16. The third kappa shape index (κ3) is 7.07. The summed E-state index contributed by atoms with van der Waals surface area (Å²) in [5, 5.41) is 4.37. The summed E-state index contributed by atoms with van der Waals surface area (Å²) in [6.45, 7) is 9.78. The first kappa shape index (κ1) is 24.5. The van der Waals surface area contributed by atoms with E-state index in [1.165, 1.54) is 0 Å². The van der Waals surface area contributed by atoms with E-state index in [0.717, 1.165) is 62.4 Å². The van der Waals surface area contributed by atoms with Crippen LogP contribution >= 0.6 is 35.6 Å². The molecule has 0 aliphatic carbocycles. The predicted octanol–water partition coefficient (Wildman–Crippen LogP) is 3.88. The van der Waals surface area contributed by atoms with Crippen molar-refractivity contribution in [3.05, 3.63) is 34.9 Å². The lowest BCUT2D eigenvalue weighted by Gasteiger charge is -2.32. The average molecular weight is 509 g/mol. The summed E-state index contributed by atoms with van der Waals surface area (Å²) in [7, 11) is 3.93. The van der Waals surface area contributed by atoms with Crippen LogP contribution in [-0.2, 0) is 4.74 Å². The Morgan fingerprint density at radius 1 is 1.33 bits per heavy atom. The number of ether oxygens (including phenoxy) is 1. The second-order valence-corrected chi connectivity index (χ2v) is 7.20. The van der Waals surface area contributed by atoms with E-state index < -0.39 is 0 Å². The number of halogens is 2. The number of likely N-dealkylation sites (N-methyl/N-ethyl adjacent to an activating group) is 1. The Hall–Kier alpha value is -0.570. The van der Waals surface area contributed by atoms with Crippen molar-refractivity contribution in [3.63, 3.8) is 0 Å². The number of benzene rings is 1. The molecule has 1 aliphatic heterocycles. The van der Waals surface area contributed by atoms with Crippen LogP contribution in [0.1, 0.15) is 31.9 Å². The maximum absolute atomic E-state index is 6.49. The first-order chi connectivity index (χ1) is 12.6. The van der Waals surface area contributed by atoms with Gasteiger partial charge in [0, 0.05) is 44.7 Å². The van der Waals surface area contributed by atoms with Crippen molar-refractivity contribution in [1.29, 1.82) is 0 Å². The van der Waals surface area contributed by atoms with E-state index in [-0.39, 0.29) is 30.0 Å². The molecule has 1 N–H and O–H groups in total. The van der Waals surface area contributed by atoms with E-state index in [1.54, 1.807) is 0 Å². The van der Waals surface area contributed by atoms with Gasteiger partial charge >= 0.3 is 0 Å². The van der Waals surface area contributed by atoms with Gasteiger partial charge in [0.25, 0.3) is 0 Å². The molecular formula is C20H34ClIN4O. The molecule has 2 unspecified atom stereocenters. The molecule has 27 heavy (non-hydrogen) atoms. The van der Waals surface area contributed by atoms with Gasteiger partial charge in [-0.15, -0.1) is 24.0 Å². The molecule has 7 heteroatoms. The number of hydrogen-bond donors (Lipinski definition) is 1. The van der Waals surface area contributed by atoms with Crippen molar-refractivity contribution in [1.82, 2.24) is 15.1 Å². The van der Waals surface area contributed by atoms with Gasteiger partial charge in [0.2, 0.25) is 0 Å². The zero-order valence-electron chi connectivity index (χ0n) is 16.9. The molecule has 1 fully saturated rings. The number of nitrogens with one attached hydrogen (secondary N) is 1. The predicted molar refractivity (Wildman–Crippen MR) is 125 cm³/mol. The monoisotopic (exact) mass is 508 g/mol. The molecule has 1 aromatic carbocycles. The van der Waals surface area contributed by atoms with Gasteiger partial charge in [0.15, 0.2) is 5.96 Å².